The molecule has 7 heteroatoms. The molecule has 0 bridgehead atoms. The lowest BCUT2D eigenvalue weighted by molar-refractivity contribution is -0.111. The van der Waals surface area contributed by atoms with Crippen molar-refractivity contribution >= 4 is 40.8 Å². The summed E-state index contributed by atoms with van der Waals surface area (Å²) in [5.74, 6) is -0.364. The van der Waals surface area contributed by atoms with E-state index < -0.39 is 0 Å². The summed E-state index contributed by atoms with van der Waals surface area (Å²) in [7, 11) is 0. The lowest BCUT2D eigenvalue weighted by Crippen LogP contribution is -2.35. The number of nitrogens with one attached hydrogen (secondary N) is 2. The average molecular weight is 486 g/mol. The largest absolute Gasteiger partial charge is 0.349 e. The lowest BCUT2D eigenvalue weighted by atomic mass is 10.0. The summed E-state index contributed by atoms with van der Waals surface area (Å²) in [4.78, 5) is 41.1. The molecular formula is C28H27N3O3S. The number of hydrogen-bond donors (Lipinski definition) is 2. The molecule has 0 atom stereocenters. The Morgan fingerprint density at radius 1 is 1.06 bits per heavy atom. The number of benzene rings is 2. The number of rotatable bonds is 6. The van der Waals surface area contributed by atoms with Gasteiger partial charge in [-0.25, -0.2) is 0 Å². The number of fused-ring (bicyclic) bond motifs is 1. The quantitative estimate of drug-likeness (QED) is 0.493. The number of amides is 3. The third-order valence-corrected chi connectivity index (χ3v) is 7.45. The second-order valence-electron chi connectivity index (χ2n) is 9.02. The van der Waals surface area contributed by atoms with Gasteiger partial charge in [0.05, 0.1) is 0 Å². The molecule has 0 radical (unpaired) electrons. The minimum absolute atomic E-state index is 0.0168. The molecule has 35 heavy (non-hydrogen) atoms. The fraction of sp³-hybridized carbons (Fsp3) is 0.250. The highest BCUT2D eigenvalue weighted by Gasteiger charge is 2.25. The van der Waals surface area contributed by atoms with Crippen molar-refractivity contribution < 1.29 is 14.4 Å². The van der Waals surface area contributed by atoms with Crippen LogP contribution in [-0.2, 0) is 17.8 Å². The number of thiophene rings is 1. The predicted octanol–water partition coefficient (Wildman–Crippen LogP) is 4.80. The van der Waals surface area contributed by atoms with Crippen LogP contribution in [0.2, 0.25) is 0 Å². The first-order valence-corrected chi connectivity index (χ1v) is 12.7. The molecule has 0 unspecified atom stereocenters. The van der Waals surface area contributed by atoms with Gasteiger partial charge in [0.2, 0.25) is 5.91 Å². The summed E-state index contributed by atoms with van der Waals surface area (Å²) < 4.78 is 0. The van der Waals surface area contributed by atoms with Gasteiger partial charge in [0, 0.05) is 46.9 Å². The zero-order valence-electron chi connectivity index (χ0n) is 19.5. The van der Waals surface area contributed by atoms with E-state index in [1.807, 2.05) is 30.0 Å². The first-order valence-electron chi connectivity index (χ1n) is 11.8. The van der Waals surface area contributed by atoms with E-state index in [4.69, 9.17) is 0 Å². The van der Waals surface area contributed by atoms with Gasteiger partial charge >= 0.3 is 0 Å². The highest BCUT2D eigenvalue weighted by molar-refractivity contribution is 7.10. The molecule has 178 valence electrons. The van der Waals surface area contributed by atoms with Gasteiger partial charge in [0.1, 0.15) is 0 Å². The molecule has 2 heterocycles. The van der Waals surface area contributed by atoms with E-state index in [0.29, 0.717) is 35.9 Å². The first kappa shape index (κ1) is 23.1. The van der Waals surface area contributed by atoms with E-state index in [2.05, 4.69) is 22.1 Å². The Bertz CT molecular complexity index is 1310. The zero-order valence-corrected chi connectivity index (χ0v) is 20.4. The molecule has 2 aliphatic rings. The van der Waals surface area contributed by atoms with Crippen LogP contribution in [0, 0.1) is 6.92 Å². The molecule has 1 aliphatic carbocycles. The molecule has 2 aromatic carbocycles. The van der Waals surface area contributed by atoms with E-state index in [-0.39, 0.29) is 17.7 Å². The molecular weight excluding hydrogens is 458 g/mol. The highest BCUT2D eigenvalue weighted by Crippen LogP contribution is 2.27. The van der Waals surface area contributed by atoms with Crippen LogP contribution in [0.4, 0.5) is 5.69 Å². The van der Waals surface area contributed by atoms with E-state index >= 15 is 0 Å². The number of carbonyl (C=O) groups is 3. The van der Waals surface area contributed by atoms with Gasteiger partial charge in [-0.2, -0.15) is 0 Å². The predicted molar refractivity (Wildman–Crippen MR) is 139 cm³/mol. The summed E-state index contributed by atoms with van der Waals surface area (Å²) >= 11 is 1.75. The van der Waals surface area contributed by atoms with Crippen molar-refractivity contribution in [1.29, 1.82) is 0 Å². The summed E-state index contributed by atoms with van der Waals surface area (Å²) in [6, 6.07) is 15.0. The summed E-state index contributed by atoms with van der Waals surface area (Å²) in [5, 5.41) is 7.93. The number of nitrogens with zero attached hydrogens (tertiary/aromatic N) is 1. The number of anilines is 1. The van der Waals surface area contributed by atoms with Crippen molar-refractivity contribution in [3.05, 3.63) is 92.7 Å². The van der Waals surface area contributed by atoms with E-state index in [0.717, 1.165) is 30.4 Å². The average Bonchev–Trinajstić information content (AvgIpc) is 3.56. The Morgan fingerprint density at radius 3 is 2.63 bits per heavy atom. The van der Waals surface area contributed by atoms with Gasteiger partial charge in [0.25, 0.3) is 11.8 Å². The second-order valence-corrected chi connectivity index (χ2v) is 10.0. The van der Waals surface area contributed by atoms with Gasteiger partial charge in [-0.1, -0.05) is 18.2 Å². The SMILES string of the molecule is Cc1c(NC(=O)/C=C/c2ccc(C(=O)NC3CC3)cc2)cccc1C(=O)N1CCc2sccc2C1. The highest BCUT2D eigenvalue weighted by atomic mass is 32.1. The molecule has 3 amide bonds. The Hall–Kier alpha value is -3.71. The van der Waals surface area contributed by atoms with Crippen LogP contribution in [0.15, 0.2) is 60.0 Å². The maximum Gasteiger partial charge on any atom is 0.254 e. The molecule has 0 saturated heterocycles. The maximum absolute atomic E-state index is 13.2. The van der Waals surface area contributed by atoms with Gasteiger partial charge in [-0.05, 0) is 84.7 Å². The summed E-state index contributed by atoms with van der Waals surface area (Å²) in [6.45, 7) is 3.18. The smallest absolute Gasteiger partial charge is 0.254 e. The molecule has 3 aromatic rings. The molecule has 1 fully saturated rings. The maximum atomic E-state index is 13.2. The number of carbonyl (C=O) groups excluding carboxylic acids is 3. The van der Waals surface area contributed by atoms with Gasteiger partial charge < -0.3 is 15.5 Å². The van der Waals surface area contributed by atoms with Crippen LogP contribution in [0.1, 0.15) is 55.1 Å². The van der Waals surface area contributed by atoms with Gasteiger partial charge in [0.15, 0.2) is 0 Å². The molecule has 1 aliphatic heterocycles. The van der Waals surface area contributed by atoms with Crippen LogP contribution in [0.3, 0.4) is 0 Å². The third-order valence-electron chi connectivity index (χ3n) is 6.43. The normalized spacial score (nSPS) is 15.1. The fourth-order valence-corrected chi connectivity index (χ4v) is 5.07. The molecule has 1 saturated carbocycles. The van der Waals surface area contributed by atoms with Crippen molar-refractivity contribution in [3.63, 3.8) is 0 Å². The molecule has 6 nitrogen and oxygen atoms in total. The van der Waals surface area contributed by atoms with Crippen LogP contribution in [-0.4, -0.2) is 35.2 Å². The molecule has 2 N–H and O–H groups in total. The third kappa shape index (κ3) is 5.35. The Morgan fingerprint density at radius 2 is 1.86 bits per heavy atom. The van der Waals surface area contributed by atoms with Crippen molar-refractivity contribution in [2.45, 2.75) is 38.8 Å². The van der Waals surface area contributed by atoms with Crippen molar-refractivity contribution in [1.82, 2.24) is 10.2 Å². The minimum Gasteiger partial charge on any atom is -0.349 e. The molecule has 1 aromatic heterocycles. The minimum atomic E-state index is -0.283. The van der Waals surface area contributed by atoms with E-state index in [1.165, 1.54) is 16.5 Å². The Kier molecular flexibility index (Phi) is 6.51. The zero-order chi connectivity index (χ0) is 24.4. The fourth-order valence-electron chi connectivity index (χ4n) is 4.18. The van der Waals surface area contributed by atoms with Crippen molar-refractivity contribution in [3.8, 4) is 0 Å². The topological polar surface area (TPSA) is 78.5 Å². The first-order chi connectivity index (χ1) is 17.0. The van der Waals surface area contributed by atoms with E-state index in [9.17, 15) is 14.4 Å². The standard InChI is InChI=1S/C28H27N3O3S/c1-18-23(28(34)31-15-13-25-21(17-31)14-16-35-25)3-2-4-24(18)30-26(32)12-7-19-5-8-20(9-6-19)27(33)29-22-10-11-22/h2-9,12,14,16,22H,10-11,13,15,17H2,1H3,(H,29,33)(H,30,32)/b12-7+. The van der Waals surface area contributed by atoms with Crippen LogP contribution in [0.25, 0.3) is 6.08 Å². The Balaban J connectivity index is 1.22. The van der Waals surface area contributed by atoms with Crippen LogP contribution in [0.5, 0.6) is 0 Å². The van der Waals surface area contributed by atoms with Crippen LogP contribution < -0.4 is 10.6 Å². The van der Waals surface area contributed by atoms with Crippen molar-refractivity contribution in [2.75, 3.05) is 11.9 Å². The van der Waals surface area contributed by atoms with Gasteiger partial charge in [-0.3, -0.25) is 14.4 Å². The van der Waals surface area contributed by atoms with Crippen molar-refractivity contribution in [2.24, 2.45) is 0 Å². The van der Waals surface area contributed by atoms with Crippen LogP contribution >= 0.6 is 11.3 Å². The monoisotopic (exact) mass is 485 g/mol. The molecule has 0 spiro atoms. The Labute approximate surface area is 208 Å². The van der Waals surface area contributed by atoms with Gasteiger partial charge in [-0.15, -0.1) is 11.3 Å². The summed E-state index contributed by atoms with van der Waals surface area (Å²) in [5.41, 5.74) is 4.62. The number of hydrogen-bond acceptors (Lipinski definition) is 4. The second kappa shape index (κ2) is 9.88. The van der Waals surface area contributed by atoms with E-state index in [1.54, 1.807) is 41.7 Å². The lowest BCUT2D eigenvalue weighted by Gasteiger charge is -2.28. The summed E-state index contributed by atoms with van der Waals surface area (Å²) in [6.07, 6.45) is 6.13. The molecule has 5 rings (SSSR count).